The summed E-state index contributed by atoms with van der Waals surface area (Å²) in [6.45, 7) is 17.1. The Kier molecular flexibility index (Phi) is 5.23. The molecule has 0 radical (unpaired) electrons. The van der Waals surface area contributed by atoms with Crippen LogP contribution in [0.3, 0.4) is 0 Å². The first-order chi connectivity index (χ1) is 15.2. The minimum atomic E-state index is -0.415. The van der Waals surface area contributed by atoms with Gasteiger partial charge in [-0.15, -0.1) is 0 Å². The Labute approximate surface area is 202 Å². The number of allylic oxidation sites excluding steroid dienone is 1. The van der Waals surface area contributed by atoms with Crippen LogP contribution in [-0.2, 0) is 0 Å². The minimum Gasteiger partial charge on any atom is -0.396 e. The molecule has 3 nitrogen and oxygen atoms in total. The molecule has 0 heterocycles. The molecule has 10 atom stereocenters. The molecule has 4 fully saturated rings. The van der Waals surface area contributed by atoms with Crippen molar-refractivity contribution >= 4 is 0 Å². The molecule has 0 aromatic rings. The van der Waals surface area contributed by atoms with Crippen LogP contribution in [0, 0.1) is 50.2 Å². The van der Waals surface area contributed by atoms with E-state index in [0.717, 1.165) is 38.5 Å². The normalized spacial score (nSPS) is 57.8. The Morgan fingerprint density at radius 2 is 1.52 bits per heavy atom. The van der Waals surface area contributed by atoms with Gasteiger partial charge in [0.1, 0.15) is 0 Å². The van der Waals surface area contributed by atoms with Crippen molar-refractivity contribution in [3.8, 4) is 0 Å². The van der Waals surface area contributed by atoms with Crippen LogP contribution in [-0.4, -0.2) is 34.1 Å². The van der Waals surface area contributed by atoms with E-state index in [9.17, 15) is 15.3 Å². The van der Waals surface area contributed by atoms with E-state index in [1.807, 2.05) is 0 Å². The third-order valence-electron chi connectivity index (χ3n) is 13.2. The maximum absolute atomic E-state index is 11.9. The van der Waals surface area contributed by atoms with Gasteiger partial charge in [0.15, 0.2) is 0 Å². The van der Waals surface area contributed by atoms with Crippen molar-refractivity contribution in [3.63, 3.8) is 0 Å². The Bertz CT molecular complexity index is 847. The van der Waals surface area contributed by atoms with Gasteiger partial charge >= 0.3 is 0 Å². The van der Waals surface area contributed by atoms with Crippen molar-refractivity contribution in [2.45, 2.75) is 118 Å². The molecule has 5 aliphatic rings. The van der Waals surface area contributed by atoms with Crippen molar-refractivity contribution in [2.75, 3.05) is 6.61 Å². The standard InChI is InChI=1S/C30H50O3/c1-25(2)22-8-11-30(7)24(28(22,5)10-9-23(25)33)21(32)16-19-20-17-26(3,18-31)12-13-27(20,4)14-15-29(19,30)6/h16,20-24,31-33H,8-15,17-18H2,1-7H3/t20-,21-,22?,23-,24?,26-,27+,28-,29+,30+/m0/s1. The molecule has 0 aliphatic heterocycles. The lowest BCUT2D eigenvalue weighted by molar-refractivity contribution is -0.224. The van der Waals surface area contributed by atoms with Crippen LogP contribution in [0.5, 0.6) is 0 Å². The molecule has 0 aromatic heterocycles. The first-order valence-corrected chi connectivity index (χ1v) is 13.9. The summed E-state index contributed by atoms with van der Waals surface area (Å²) in [6, 6.07) is 0. The molecule has 0 amide bonds. The Morgan fingerprint density at radius 3 is 2.18 bits per heavy atom. The van der Waals surface area contributed by atoms with Crippen LogP contribution in [0.2, 0.25) is 0 Å². The third-order valence-corrected chi connectivity index (χ3v) is 13.2. The first kappa shape index (κ1) is 24.3. The number of fused-ring (bicyclic) bond motifs is 7. The summed E-state index contributed by atoms with van der Waals surface area (Å²) in [5, 5.41) is 33.0. The molecule has 5 rings (SSSR count). The van der Waals surface area contributed by atoms with Gasteiger partial charge in [0.05, 0.1) is 12.2 Å². The summed E-state index contributed by atoms with van der Waals surface area (Å²) in [4.78, 5) is 0. The van der Waals surface area contributed by atoms with E-state index < -0.39 is 6.10 Å². The average Bonchev–Trinajstić information content (AvgIpc) is 2.74. The summed E-state index contributed by atoms with van der Waals surface area (Å²) in [5.41, 5.74) is 1.93. The van der Waals surface area contributed by atoms with E-state index in [0.29, 0.717) is 17.3 Å². The second kappa shape index (κ2) is 7.10. The second-order valence-corrected chi connectivity index (χ2v) is 15.2. The van der Waals surface area contributed by atoms with Crippen molar-refractivity contribution in [1.29, 1.82) is 0 Å². The average molecular weight is 459 g/mol. The summed E-state index contributed by atoms with van der Waals surface area (Å²) in [6.07, 6.45) is 11.6. The number of aliphatic hydroxyl groups excluding tert-OH is 3. The molecule has 33 heavy (non-hydrogen) atoms. The van der Waals surface area contributed by atoms with Gasteiger partial charge in [-0.1, -0.05) is 60.1 Å². The highest BCUT2D eigenvalue weighted by Crippen LogP contribution is 2.75. The van der Waals surface area contributed by atoms with E-state index in [4.69, 9.17) is 0 Å². The van der Waals surface area contributed by atoms with Crippen LogP contribution in [0.4, 0.5) is 0 Å². The summed E-state index contributed by atoms with van der Waals surface area (Å²) < 4.78 is 0. The van der Waals surface area contributed by atoms with Gasteiger partial charge in [0.2, 0.25) is 0 Å². The SMILES string of the molecule is CC1(C)C2CC[C@]3(C)C([C@@H](O)C=C4[C@@H]5C[C@@](C)(CO)CC[C@]5(C)CC[C@]43C)[C@@]2(C)CC[C@@H]1O. The first-order valence-electron chi connectivity index (χ1n) is 13.9. The molecule has 0 aromatic carbocycles. The van der Waals surface area contributed by atoms with E-state index in [1.54, 1.807) is 0 Å². The van der Waals surface area contributed by atoms with E-state index in [1.165, 1.54) is 24.8 Å². The van der Waals surface area contributed by atoms with Crippen molar-refractivity contribution in [2.24, 2.45) is 50.2 Å². The van der Waals surface area contributed by atoms with E-state index in [2.05, 4.69) is 54.5 Å². The molecule has 188 valence electrons. The molecule has 3 N–H and O–H groups in total. The van der Waals surface area contributed by atoms with Crippen LogP contribution >= 0.6 is 0 Å². The van der Waals surface area contributed by atoms with Gasteiger partial charge in [0, 0.05) is 12.5 Å². The topological polar surface area (TPSA) is 60.7 Å². The van der Waals surface area contributed by atoms with Crippen molar-refractivity contribution < 1.29 is 15.3 Å². The number of hydrogen-bond donors (Lipinski definition) is 3. The lowest BCUT2D eigenvalue weighted by Crippen LogP contribution is -2.67. The molecule has 0 spiro atoms. The largest absolute Gasteiger partial charge is 0.396 e. The Morgan fingerprint density at radius 1 is 0.848 bits per heavy atom. The summed E-state index contributed by atoms with van der Waals surface area (Å²) >= 11 is 0. The smallest absolute Gasteiger partial charge is 0.0762 e. The fourth-order valence-corrected chi connectivity index (χ4v) is 10.7. The van der Waals surface area contributed by atoms with Gasteiger partial charge in [-0.25, -0.2) is 0 Å². The van der Waals surface area contributed by atoms with Crippen LogP contribution < -0.4 is 0 Å². The predicted molar refractivity (Wildman–Crippen MR) is 134 cm³/mol. The highest BCUT2D eigenvalue weighted by molar-refractivity contribution is 5.35. The fourth-order valence-electron chi connectivity index (χ4n) is 10.7. The Hall–Kier alpha value is -0.380. The molecule has 5 aliphatic carbocycles. The van der Waals surface area contributed by atoms with Crippen molar-refractivity contribution in [3.05, 3.63) is 11.6 Å². The van der Waals surface area contributed by atoms with Crippen LogP contribution in [0.25, 0.3) is 0 Å². The molecule has 4 saturated carbocycles. The Balaban J connectivity index is 1.61. The molecular formula is C30H50O3. The summed E-state index contributed by atoms with van der Waals surface area (Å²) in [7, 11) is 0. The van der Waals surface area contributed by atoms with E-state index in [-0.39, 0.29) is 45.7 Å². The molecule has 0 bridgehead atoms. The van der Waals surface area contributed by atoms with Gasteiger partial charge in [-0.3, -0.25) is 0 Å². The molecule has 2 unspecified atom stereocenters. The maximum atomic E-state index is 11.9. The zero-order chi connectivity index (χ0) is 24.2. The zero-order valence-electron chi connectivity index (χ0n) is 22.4. The third kappa shape index (κ3) is 2.97. The quantitative estimate of drug-likeness (QED) is 0.415. The highest BCUT2D eigenvalue weighted by Gasteiger charge is 2.69. The van der Waals surface area contributed by atoms with Crippen LogP contribution in [0.1, 0.15) is 106 Å². The molecular weight excluding hydrogens is 408 g/mol. The lowest BCUT2D eigenvalue weighted by atomic mass is 9.33. The minimum absolute atomic E-state index is 0.000849. The van der Waals surface area contributed by atoms with Gasteiger partial charge in [0.25, 0.3) is 0 Å². The maximum Gasteiger partial charge on any atom is 0.0762 e. The lowest BCUT2D eigenvalue weighted by Gasteiger charge is -2.72. The zero-order valence-corrected chi connectivity index (χ0v) is 22.4. The fraction of sp³-hybridized carbons (Fsp3) is 0.933. The van der Waals surface area contributed by atoms with E-state index >= 15 is 0 Å². The monoisotopic (exact) mass is 458 g/mol. The summed E-state index contributed by atoms with van der Waals surface area (Å²) in [5.74, 6) is 1.15. The van der Waals surface area contributed by atoms with Gasteiger partial charge in [-0.2, -0.15) is 0 Å². The molecule has 3 heteroatoms. The number of aliphatic hydroxyl groups is 3. The molecule has 0 saturated heterocycles. The second-order valence-electron chi connectivity index (χ2n) is 15.2. The highest BCUT2D eigenvalue weighted by atomic mass is 16.3. The number of rotatable bonds is 1. The van der Waals surface area contributed by atoms with Gasteiger partial charge < -0.3 is 15.3 Å². The number of hydrogen-bond acceptors (Lipinski definition) is 3. The predicted octanol–water partition coefficient (Wildman–Crippen LogP) is 6.11. The van der Waals surface area contributed by atoms with Crippen molar-refractivity contribution in [1.82, 2.24) is 0 Å². The van der Waals surface area contributed by atoms with Crippen LogP contribution in [0.15, 0.2) is 11.6 Å². The van der Waals surface area contributed by atoms with Gasteiger partial charge in [-0.05, 0) is 102 Å².